The second-order valence-electron chi connectivity index (χ2n) is 5.09. The number of nitrogens with one attached hydrogen (secondary N) is 1. The number of aromatic hydroxyl groups is 1. The highest BCUT2D eigenvalue weighted by Gasteiger charge is 2.06. The van der Waals surface area contributed by atoms with Gasteiger partial charge < -0.3 is 10.1 Å². The maximum atomic E-state index is 11.3. The molecule has 0 radical (unpaired) electrons. The molecule has 4 nitrogen and oxygen atoms in total. The van der Waals surface area contributed by atoms with E-state index in [1.165, 1.54) is 17.5 Å². The number of rotatable bonds is 4. The van der Waals surface area contributed by atoms with Gasteiger partial charge in [-0.25, -0.2) is 4.98 Å². The Balaban J connectivity index is 1.72. The van der Waals surface area contributed by atoms with Crippen LogP contribution in [0.2, 0.25) is 0 Å². The molecule has 4 heteroatoms. The van der Waals surface area contributed by atoms with Gasteiger partial charge in [-0.1, -0.05) is 54.6 Å². The molecule has 0 saturated carbocycles. The summed E-state index contributed by atoms with van der Waals surface area (Å²) in [5, 5.41) is 9.66. The Hall–Kier alpha value is -2.88. The molecule has 3 aromatic rings. The fourth-order valence-electron chi connectivity index (χ4n) is 2.37. The first kappa shape index (κ1) is 14.1. The van der Waals surface area contributed by atoms with Crippen LogP contribution in [0.1, 0.15) is 11.3 Å². The second kappa shape index (κ2) is 6.26. The van der Waals surface area contributed by atoms with E-state index in [2.05, 4.69) is 46.4 Å². The molecule has 110 valence electrons. The van der Waals surface area contributed by atoms with E-state index in [-0.39, 0.29) is 5.75 Å². The van der Waals surface area contributed by atoms with Gasteiger partial charge >= 0.3 is 0 Å². The van der Waals surface area contributed by atoms with Crippen LogP contribution in [-0.4, -0.2) is 15.1 Å². The zero-order valence-corrected chi connectivity index (χ0v) is 12.0. The van der Waals surface area contributed by atoms with Crippen molar-refractivity contribution in [2.45, 2.75) is 12.8 Å². The van der Waals surface area contributed by atoms with Crippen molar-refractivity contribution in [3.8, 4) is 16.9 Å². The van der Waals surface area contributed by atoms with Crippen LogP contribution in [0.5, 0.6) is 5.75 Å². The van der Waals surface area contributed by atoms with Crippen molar-refractivity contribution in [3.05, 3.63) is 82.5 Å². The Morgan fingerprint density at radius 3 is 2.32 bits per heavy atom. The van der Waals surface area contributed by atoms with Crippen molar-refractivity contribution >= 4 is 0 Å². The number of H-pyrrole nitrogens is 1. The Morgan fingerprint density at radius 1 is 0.909 bits per heavy atom. The molecule has 2 aromatic carbocycles. The smallest absolute Gasteiger partial charge is 0.293 e. The highest BCUT2D eigenvalue weighted by Crippen LogP contribution is 2.20. The van der Waals surface area contributed by atoms with Crippen molar-refractivity contribution in [1.82, 2.24) is 9.97 Å². The highest BCUT2D eigenvalue weighted by atomic mass is 16.3. The van der Waals surface area contributed by atoms with Crippen LogP contribution in [0, 0.1) is 0 Å². The largest absolute Gasteiger partial charge is 0.502 e. The van der Waals surface area contributed by atoms with Crippen molar-refractivity contribution in [1.29, 1.82) is 0 Å². The minimum absolute atomic E-state index is 0.289. The van der Waals surface area contributed by atoms with Gasteiger partial charge in [0.25, 0.3) is 5.56 Å². The first-order chi connectivity index (χ1) is 10.7. The second-order valence-corrected chi connectivity index (χ2v) is 5.09. The van der Waals surface area contributed by atoms with E-state index in [0.29, 0.717) is 12.1 Å². The molecule has 2 N–H and O–H groups in total. The molecular weight excluding hydrogens is 276 g/mol. The molecular formula is C18H16N2O2. The van der Waals surface area contributed by atoms with Gasteiger partial charge in [0, 0.05) is 0 Å². The van der Waals surface area contributed by atoms with E-state index in [1.807, 2.05) is 18.2 Å². The molecule has 0 saturated heterocycles. The molecule has 0 aliphatic heterocycles. The summed E-state index contributed by atoms with van der Waals surface area (Å²) in [5.41, 5.74) is 3.42. The average molecular weight is 292 g/mol. The number of hydrogen-bond donors (Lipinski definition) is 2. The van der Waals surface area contributed by atoms with Gasteiger partial charge in [0.1, 0.15) is 0 Å². The van der Waals surface area contributed by atoms with Gasteiger partial charge in [-0.2, -0.15) is 0 Å². The predicted octanol–water partition coefficient (Wildman–Crippen LogP) is 2.93. The van der Waals surface area contributed by atoms with Gasteiger partial charge in [0.2, 0.25) is 5.75 Å². The summed E-state index contributed by atoms with van der Waals surface area (Å²) in [7, 11) is 0. The van der Waals surface area contributed by atoms with Crippen molar-refractivity contribution in [3.63, 3.8) is 0 Å². The van der Waals surface area contributed by atoms with Crippen LogP contribution in [-0.2, 0) is 12.8 Å². The zero-order valence-electron chi connectivity index (χ0n) is 12.0. The van der Waals surface area contributed by atoms with Gasteiger partial charge in [-0.3, -0.25) is 4.79 Å². The quantitative estimate of drug-likeness (QED) is 0.777. The summed E-state index contributed by atoms with van der Waals surface area (Å²) in [6.45, 7) is 0. The molecule has 0 bridgehead atoms. The van der Waals surface area contributed by atoms with Crippen LogP contribution in [0.3, 0.4) is 0 Å². The standard InChI is InChI=1S/C18H16N2O2/c21-17-16(19-12-20-18(17)22)11-8-13-6-9-15(10-7-13)14-4-2-1-3-5-14/h1-7,9-10,12,21H,8,11H2,(H,19,20,22). The molecule has 0 fully saturated rings. The third-order valence-corrected chi connectivity index (χ3v) is 3.62. The van der Waals surface area contributed by atoms with Crippen LogP contribution < -0.4 is 5.56 Å². The van der Waals surface area contributed by atoms with Gasteiger partial charge in [0.15, 0.2) is 0 Å². The van der Waals surface area contributed by atoms with Crippen LogP contribution in [0.25, 0.3) is 11.1 Å². The summed E-state index contributed by atoms with van der Waals surface area (Å²) >= 11 is 0. The lowest BCUT2D eigenvalue weighted by molar-refractivity contribution is 0.454. The summed E-state index contributed by atoms with van der Waals surface area (Å²) < 4.78 is 0. The van der Waals surface area contributed by atoms with Crippen molar-refractivity contribution < 1.29 is 5.11 Å². The van der Waals surface area contributed by atoms with Crippen LogP contribution >= 0.6 is 0 Å². The average Bonchev–Trinajstić information content (AvgIpc) is 2.57. The van der Waals surface area contributed by atoms with Crippen LogP contribution in [0.15, 0.2) is 65.7 Å². The SMILES string of the molecule is O=c1[nH]cnc(CCc2ccc(-c3ccccc3)cc2)c1O. The molecule has 1 aromatic heterocycles. The first-order valence-electron chi connectivity index (χ1n) is 7.14. The minimum atomic E-state index is -0.496. The zero-order chi connectivity index (χ0) is 15.4. The van der Waals surface area contributed by atoms with E-state index in [9.17, 15) is 9.90 Å². The molecule has 0 unspecified atom stereocenters. The monoisotopic (exact) mass is 292 g/mol. The minimum Gasteiger partial charge on any atom is -0.502 e. The predicted molar refractivity (Wildman–Crippen MR) is 85.8 cm³/mol. The van der Waals surface area contributed by atoms with E-state index >= 15 is 0 Å². The van der Waals surface area contributed by atoms with Crippen molar-refractivity contribution in [2.24, 2.45) is 0 Å². The number of benzene rings is 2. The fourth-order valence-corrected chi connectivity index (χ4v) is 2.37. The van der Waals surface area contributed by atoms with Gasteiger partial charge in [-0.15, -0.1) is 0 Å². The Morgan fingerprint density at radius 2 is 1.59 bits per heavy atom. The highest BCUT2D eigenvalue weighted by molar-refractivity contribution is 5.63. The third kappa shape index (κ3) is 3.06. The lowest BCUT2D eigenvalue weighted by Crippen LogP contribution is -2.09. The Labute approximate surface area is 128 Å². The van der Waals surface area contributed by atoms with Gasteiger partial charge in [-0.05, 0) is 29.5 Å². The molecule has 0 amide bonds. The Kier molecular flexibility index (Phi) is 4.01. The molecule has 1 heterocycles. The topological polar surface area (TPSA) is 66.0 Å². The maximum Gasteiger partial charge on any atom is 0.293 e. The number of nitrogens with zero attached hydrogens (tertiary/aromatic N) is 1. The van der Waals surface area contributed by atoms with E-state index in [4.69, 9.17) is 0 Å². The summed E-state index contributed by atoms with van der Waals surface area (Å²) in [6, 6.07) is 18.5. The summed E-state index contributed by atoms with van der Waals surface area (Å²) in [4.78, 5) is 17.7. The van der Waals surface area contributed by atoms with E-state index in [1.54, 1.807) is 0 Å². The number of aryl methyl sites for hydroxylation is 2. The molecule has 0 atom stereocenters. The molecule has 0 aliphatic rings. The summed E-state index contributed by atoms with van der Waals surface area (Å²) in [5.74, 6) is -0.289. The first-order valence-corrected chi connectivity index (χ1v) is 7.14. The Bertz CT molecular complexity index is 808. The summed E-state index contributed by atoms with van der Waals surface area (Å²) in [6.07, 6.45) is 2.56. The fraction of sp³-hybridized carbons (Fsp3) is 0.111. The number of aromatic nitrogens is 2. The molecule has 3 rings (SSSR count). The molecule has 0 aliphatic carbocycles. The van der Waals surface area contributed by atoms with Crippen molar-refractivity contribution in [2.75, 3.05) is 0 Å². The third-order valence-electron chi connectivity index (χ3n) is 3.62. The van der Waals surface area contributed by atoms with Crippen LogP contribution in [0.4, 0.5) is 0 Å². The lowest BCUT2D eigenvalue weighted by atomic mass is 10.0. The number of hydrogen-bond acceptors (Lipinski definition) is 3. The van der Waals surface area contributed by atoms with E-state index < -0.39 is 5.56 Å². The van der Waals surface area contributed by atoms with Gasteiger partial charge in [0.05, 0.1) is 12.0 Å². The molecule has 0 spiro atoms. The van der Waals surface area contributed by atoms with E-state index in [0.717, 1.165) is 12.0 Å². The number of aromatic amines is 1. The lowest BCUT2D eigenvalue weighted by Gasteiger charge is -2.05. The molecule has 22 heavy (non-hydrogen) atoms. The maximum absolute atomic E-state index is 11.3. The normalized spacial score (nSPS) is 10.5.